The molecule has 0 aliphatic rings. The predicted octanol–water partition coefficient (Wildman–Crippen LogP) is 2.65. The molecule has 1 aromatic carbocycles. The van der Waals surface area contributed by atoms with Crippen molar-refractivity contribution in [2.45, 2.75) is 20.3 Å². The third-order valence-corrected chi connectivity index (χ3v) is 2.16. The van der Waals surface area contributed by atoms with Crippen LogP contribution in [-0.2, 0) is 4.79 Å². The zero-order valence-electron chi connectivity index (χ0n) is 8.58. The minimum absolute atomic E-state index is 0.0244. The molecular weight excluding hydrogens is 172 g/mol. The Hall–Kier alpha value is -1.55. The van der Waals surface area contributed by atoms with E-state index >= 15 is 0 Å². The van der Waals surface area contributed by atoms with Gasteiger partial charge in [-0.25, -0.2) is 0 Å². The summed E-state index contributed by atoms with van der Waals surface area (Å²) >= 11 is 0. The van der Waals surface area contributed by atoms with Crippen LogP contribution in [-0.4, -0.2) is 5.78 Å². The van der Waals surface area contributed by atoms with Crippen molar-refractivity contribution >= 4 is 5.78 Å². The SMILES string of the molecule is CCC(C)C(=O)C#Cc1ccccc1. The summed E-state index contributed by atoms with van der Waals surface area (Å²) in [5.41, 5.74) is 0.893. The van der Waals surface area contributed by atoms with E-state index in [9.17, 15) is 4.79 Å². The van der Waals surface area contributed by atoms with Crippen LogP contribution in [0.5, 0.6) is 0 Å². The van der Waals surface area contributed by atoms with Crippen molar-refractivity contribution in [2.75, 3.05) is 0 Å². The van der Waals surface area contributed by atoms with E-state index in [0.717, 1.165) is 12.0 Å². The summed E-state index contributed by atoms with van der Waals surface area (Å²) in [5.74, 6) is 5.59. The van der Waals surface area contributed by atoms with Gasteiger partial charge in [0.2, 0.25) is 5.78 Å². The third kappa shape index (κ3) is 3.06. The molecule has 0 saturated heterocycles. The van der Waals surface area contributed by atoms with E-state index in [2.05, 4.69) is 11.8 Å². The fraction of sp³-hybridized carbons (Fsp3) is 0.308. The van der Waals surface area contributed by atoms with Gasteiger partial charge in [-0.3, -0.25) is 4.79 Å². The summed E-state index contributed by atoms with van der Waals surface area (Å²) in [6.45, 7) is 3.90. The van der Waals surface area contributed by atoms with Gasteiger partial charge in [0.05, 0.1) is 0 Å². The highest BCUT2D eigenvalue weighted by Gasteiger charge is 2.05. The van der Waals surface area contributed by atoms with Gasteiger partial charge in [0.15, 0.2) is 0 Å². The van der Waals surface area contributed by atoms with Crippen LogP contribution in [0.25, 0.3) is 0 Å². The molecule has 1 nitrogen and oxygen atoms in total. The van der Waals surface area contributed by atoms with Crippen LogP contribution in [0.2, 0.25) is 0 Å². The maximum absolute atomic E-state index is 11.4. The van der Waals surface area contributed by atoms with E-state index in [1.807, 2.05) is 44.2 Å². The first-order chi connectivity index (χ1) is 6.74. The fourth-order valence-electron chi connectivity index (χ4n) is 0.964. The molecule has 0 spiro atoms. The average Bonchev–Trinajstić information content (AvgIpc) is 2.26. The van der Waals surface area contributed by atoms with Crippen LogP contribution in [0.3, 0.4) is 0 Å². The number of hydrogen-bond acceptors (Lipinski definition) is 1. The lowest BCUT2D eigenvalue weighted by molar-refractivity contribution is -0.116. The molecule has 0 heterocycles. The smallest absolute Gasteiger partial charge is 0.208 e. The van der Waals surface area contributed by atoms with Crippen LogP contribution in [0, 0.1) is 17.8 Å². The summed E-state index contributed by atoms with van der Waals surface area (Å²) in [6.07, 6.45) is 0.850. The van der Waals surface area contributed by atoms with Crippen molar-refractivity contribution < 1.29 is 4.79 Å². The number of benzene rings is 1. The molecule has 1 atom stereocenters. The third-order valence-electron chi connectivity index (χ3n) is 2.16. The molecule has 0 saturated carbocycles. The number of carbonyl (C=O) groups is 1. The molecule has 0 N–H and O–H groups in total. The molecule has 1 aromatic rings. The highest BCUT2D eigenvalue weighted by molar-refractivity contribution is 5.97. The summed E-state index contributed by atoms with van der Waals surface area (Å²) in [7, 11) is 0. The van der Waals surface area contributed by atoms with Crippen molar-refractivity contribution in [3.8, 4) is 11.8 Å². The molecule has 14 heavy (non-hydrogen) atoms. The standard InChI is InChI=1S/C13H14O/c1-3-11(2)13(14)10-9-12-7-5-4-6-8-12/h4-8,11H,3H2,1-2H3. The predicted molar refractivity (Wildman–Crippen MR) is 57.8 cm³/mol. The van der Waals surface area contributed by atoms with Gasteiger partial charge in [0.25, 0.3) is 0 Å². The molecular formula is C13H14O. The van der Waals surface area contributed by atoms with E-state index in [4.69, 9.17) is 0 Å². The van der Waals surface area contributed by atoms with E-state index in [1.54, 1.807) is 0 Å². The molecule has 1 rings (SSSR count). The quantitative estimate of drug-likeness (QED) is 0.649. The second kappa shape index (κ2) is 5.24. The lowest BCUT2D eigenvalue weighted by Gasteiger charge is -1.98. The van der Waals surface area contributed by atoms with Gasteiger partial charge in [-0.2, -0.15) is 0 Å². The lowest BCUT2D eigenvalue weighted by atomic mass is 10.0. The Morgan fingerprint density at radius 2 is 2.00 bits per heavy atom. The maximum Gasteiger partial charge on any atom is 0.208 e. The minimum Gasteiger partial charge on any atom is -0.285 e. The first kappa shape index (κ1) is 10.5. The topological polar surface area (TPSA) is 17.1 Å². The maximum atomic E-state index is 11.4. The van der Waals surface area contributed by atoms with E-state index in [0.29, 0.717) is 0 Å². The molecule has 1 heteroatoms. The Morgan fingerprint density at radius 1 is 1.36 bits per heavy atom. The van der Waals surface area contributed by atoms with Crippen LogP contribution >= 0.6 is 0 Å². The monoisotopic (exact) mass is 186 g/mol. The summed E-state index contributed by atoms with van der Waals surface area (Å²) in [5, 5.41) is 0. The van der Waals surface area contributed by atoms with Gasteiger partial charge in [0, 0.05) is 11.5 Å². The molecule has 0 fully saturated rings. The molecule has 0 amide bonds. The van der Waals surface area contributed by atoms with Crippen molar-refractivity contribution in [1.29, 1.82) is 0 Å². The normalized spacial score (nSPS) is 11.3. The Labute approximate surface area is 85.1 Å². The van der Waals surface area contributed by atoms with Gasteiger partial charge >= 0.3 is 0 Å². The number of rotatable bonds is 2. The van der Waals surface area contributed by atoms with Crippen molar-refractivity contribution in [1.82, 2.24) is 0 Å². The molecule has 72 valence electrons. The Bertz CT molecular complexity index is 354. The first-order valence-corrected chi connectivity index (χ1v) is 4.85. The molecule has 1 unspecified atom stereocenters. The van der Waals surface area contributed by atoms with Gasteiger partial charge in [-0.1, -0.05) is 38.0 Å². The molecule has 0 radical (unpaired) electrons. The van der Waals surface area contributed by atoms with Crippen molar-refractivity contribution in [3.63, 3.8) is 0 Å². The summed E-state index contributed by atoms with van der Waals surface area (Å²) in [6, 6.07) is 9.56. The molecule has 0 bridgehead atoms. The van der Waals surface area contributed by atoms with Crippen LogP contribution in [0.1, 0.15) is 25.8 Å². The van der Waals surface area contributed by atoms with Crippen LogP contribution in [0.4, 0.5) is 0 Å². The highest BCUT2D eigenvalue weighted by Crippen LogP contribution is 2.01. The summed E-state index contributed by atoms with van der Waals surface area (Å²) in [4.78, 5) is 11.4. The van der Waals surface area contributed by atoms with Crippen LogP contribution < -0.4 is 0 Å². The average molecular weight is 186 g/mol. The number of Topliss-reactive ketones (excluding diaryl/α,β-unsaturated/α-hetero) is 1. The summed E-state index contributed by atoms with van der Waals surface area (Å²) < 4.78 is 0. The fourth-order valence-corrected chi connectivity index (χ4v) is 0.964. The van der Waals surface area contributed by atoms with Crippen molar-refractivity contribution in [2.24, 2.45) is 5.92 Å². The van der Waals surface area contributed by atoms with Crippen molar-refractivity contribution in [3.05, 3.63) is 35.9 Å². The highest BCUT2D eigenvalue weighted by atomic mass is 16.1. The van der Waals surface area contributed by atoms with Gasteiger partial charge in [-0.05, 0) is 24.5 Å². The Morgan fingerprint density at radius 3 is 2.57 bits per heavy atom. The van der Waals surface area contributed by atoms with E-state index in [1.165, 1.54) is 0 Å². The van der Waals surface area contributed by atoms with E-state index < -0.39 is 0 Å². The molecule has 0 aliphatic carbocycles. The second-order valence-electron chi connectivity index (χ2n) is 3.29. The second-order valence-corrected chi connectivity index (χ2v) is 3.29. The number of carbonyl (C=O) groups excluding carboxylic acids is 1. The van der Waals surface area contributed by atoms with Gasteiger partial charge in [-0.15, -0.1) is 0 Å². The molecule has 0 aromatic heterocycles. The zero-order valence-corrected chi connectivity index (χ0v) is 8.58. The van der Waals surface area contributed by atoms with E-state index in [-0.39, 0.29) is 11.7 Å². The number of hydrogen-bond donors (Lipinski definition) is 0. The lowest BCUT2D eigenvalue weighted by Crippen LogP contribution is -2.06. The Kier molecular flexibility index (Phi) is 3.94. The van der Waals surface area contributed by atoms with Crippen LogP contribution in [0.15, 0.2) is 30.3 Å². The Balaban J connectivity index is 2.69. The largest absolute Gasteiger partial charge is 0.285 e. The number of ketones is 1. The molecule has 0 aliphatic heterocycles. The zero-order chi connectivity index (χ0) is 10.4. The van der Waals surface area contributed by atoms with Gasteiger partial charge in [0.1, 0.15) is 0 Å². The van der Waals surface area contributed by atoms with Gasteiger partial charge < -0.3 is 0 Å². The first-order valence-electron chi connectivity index (χ1n) is 4.85. The minimum atomic E-state index is 0.0244.